The van der Waals surface area contributed by atoms with Crippen molar-refractivity contribution >= 4 is 34.2 Å². The summed E-state index contributed by atoms with van der Waals surface area (Å²) in [5, 5.41) is 3.11. The van der Waals surface area contributed by atoms with Crippen LogP contribution in [0, 0.1) is 5.82 Å². The van der Waals surface area contributed by atoms with E-state index in [0.29, 0.717) is 10.4 Å². The number of amides is 1. The van der Waals surface area contributed by atoms with Gasteiger partial charge in [-0.15, -0.1) is 0 Å². The summed E-state index contributed by atoms with van der Waals surface area (Å²) in [6, 6.07) is 9.98. The van der Waals surface area contributed by atoms with Gasteiger partial charge in [0, 0.05) is 16.5 Å². The average Bonchev–Trinajstić information content (AvgIpc) is 2.56. The maximum Gasteiger partial charge on any atom is 0.349 e. The highest BCUT2D eigenvalue weighted by atomic mass is 35.5. The van der Waals surface area contributed by atoms with Crippen molar-refractivity contribution in [2.45, 2.75) is 0 Å². The molecule has 0 aliphatic heterocycles. The first kappa shape index (κ1) is 16.0. The minimum absolute atomic E-state index is 0.0364. The summed E-state index contributed by atoms with van der Waals surface area (Å²) in [6.45, 7) is 0. The normalized spacial score (nSPS) is 10.6. The van der Waals surface area contributed by atoms with E-state index >= 15 is 0 Å². The fraction of sp³-hybridized carbons (Fsp3) is 0.0588. The summed E-state index contributed by atoms with van der Waals surface area (Å²) in [4.78, 5) is 24.4. The van der Waals surface area contributed by atoms with Gasteiger partial charge in [-0.2, -0.15) is 0 Å². The van der Waals surface area contributed by atoms with Crippen LogP contribution in [0.25, 0.3) is 11.0 Å². The Morgan fingerprint density at radius 1 is 1.25 bits per heavy atom. The Kier molecular flexibility index (Phi) is 4.22. The second-order valence-corrected chi connectivity index (χ2v) is 5.34. The monoisotopic (exact) mass is 347 g/mol. The third-order valence-corrected chi connectivity index (χ3v) is 3.57. The smallest absolute Gasteiger partial charge is 0.349 e. The molecule has 2 aromatic carbocycles. The fourth-order valence-corrected chi connectivity index (χ4v) is 2.45. The van der Waals surface area contributed by atoms with Gasteiger partial charge in [-0.3, -0.25) is 4.79 Å². The molecule has 0 aliphatic rings. The molecule has 0 aliphatic carbocycles. The fourth-order valence-electron chi connectivity index (χ4n) is 2.23. The maximum atomic E-state index is 13.6. The lowest BCUT2D eigenvalue weighted by molar-refractivity contribution is 0.102. The Balaban J connectivity index is 2.06. The highest BCUT2D eigenvalue weighted by molar-refractivity contribution is 6.31. The van der Waals surface area contributed by atoms with Gasteiger partial charge in [0.15, 0.2) is 11.3 Å². The zero-order valence-corrected chi connectivity index (χ0v) is 13.2. The average molecular weight is 348 g/mol. The van der Waals surface area contributed by atoms with Gasteiger partial charge < -0.3 is 14.5 Å². The van der Waals surface area contributed by atoms with E-state index in [-0.39, 0.29) is 22.6 Å². The Hall–Kier alpha value is -2.86. The SMILES string of the molecule is COc1cc(Cl)cc2cc(C(=O)Nc3ccccc3F)c(=O)oc12. The number of para-hydroxylation sites is 1. The third kappa shape index (κ3) is 2.96. The predicted octanol–water partition coefficient (Wildman–Crippen LogP) is 3.85. The second kappa shape index (κ2) is 6.33. The highest BCUT2D eigenvalue weighted by Crippen LogP contribution is 2.29. The van der Waals surface area contributed by atoms with E-state index in [1.54, 1.807) is 6.07 Å². The molecule has 0 bridgehead atoms. The van der Waals surface area contributed by atoms with Crippen molar-refractivity contribution < 1.29 is 18.3 Å². The molecule has 1 amide bonds. The molecule has 122 valence electrons. The van der Waals surface area contributed by atoms with Crippen LogP contribution < -0.4 is 15.7 Å². The molecule has 0 unspecified atom stereocenters. The zero-order valence-electron chi connectivity index (χ0n) is 12.4. The van der Waals surface area contributed by atoms with Gasteiger partial charge >= 0.3 is 5.63 Å². The Morgan fingerprint density at radius 3 is 2.71 bits per heavy atom. The minimum atomic E-state index is -0.864. The molecule has 3 aromatic rings. The molecule has 1 aromatic heterocycles. The molecule has 0 radical (unpaired) electrons. The quantitative estimate of drug-likeness (QED) is 0.731. The Labute approximate surface area is 140 Å². The molecular weight excluding hydrogens is 337 g/mol. The number of benzene rings is 2. The number of fused-ring (bicyclic) bond motifs is 1. The Bertz CT molecular complexity index is 1000. The summed E-state index contributed by atoms with van der Waals surface area (Å²) < 4.78 is 23.9. The number of carbonyl (C=O) groups is 1. The molecule has 0 fully saturated rings. The standard InChI is InChI=1S/C17H11ClFNO4/c1-23-14-8-10(18)6-9-7-11(17(22)24-15(9)14)16(21)20-13-5-3-2-4-12(13)19/h2-8H,1H3,(H,20,21). The van der Waals surface area contributed by atoms with E-state index in [4.69, 9.17) is 20.8 Å². The summed E-state index contributed by atoms with van der Waals surface area (Å²) in [5.41, 5.74) is -0.993. The molecule has 0 spiro atoms. The van der Waals surface area contributed by atoms with E-state index in [2.05, 4.69) is 5.32 Å². The lowest BCUT2D eigenvalue weighted by Gasteiger charge is -2.08. The van der Waals surface area contributed by atoms with Gasteiger partial charge in [0.25, 0.3) is 5.91 Å². The molecule has 0 saturated heterocycles. The number of rotatable bonds is 3. The van der Waals surface area contributed by atoms with Gasteiger partial charge in [-0.05, 0) is 24.3 Å². The largest absolute Gasteiger partial charge is 0.493 e. The molecule has 0 saturated carbocycles. The van der Waals surface area contributed by atoms with E-state index in [0.717, 1.165) is 0 Å². The first-order valence-electron chi connectivity index (χ1n) is 6.87. The van der Waals surface area contributed by atoms with Crippen LogP contribution in [0.3, 0.4) is 0 Å². The molecule has 5 nitrogen and oxygen atoms in total. The van der Waals surface area contributed by atoms with Crippen molar-refractivity contribution in [1.82, 2.24) is 0 Å². The molecule has 3 rings (SSSR count). The number of nitrogens with one attached hydrogen (secondary N) is 1. The van der Waals surface area contributed by atoms with Crippen LogP contribution in [0.5, 0.6) is 5.75 Å². The van der Waals surface area contributed by atoms with E-state index in [1.807, 2.05) is 0 Å². The number of hydrogen-bond acceptors (Lipinski definition) is 4. The number of carbonyl (C=O) groups excluding carboxylic acids is 1. The van der Waals surface area contributed by atoms with Crippen LogP contribution in [0.1, 0.15) is 10.4 Å². The molecule has 0 atom stereocenters. The third-order valence-electron chi connectivity index (χ3n) is 3.35. The highest BCUT2D eigenvalue weighted by Gasteiger charge is 2.17. The molecule has 1 heterocycles. The number of methoxy groups -OCH3 is 1. The summed E-state index contributed by atoms with van der Waals surface area (Å²) in [5.74, 6) is -1.12. The van der Waals surface area contributed by atoms with Crippen molar-refractivity contribution in [3.05, 3.63) is 69.3 Å². The summed E-state index contributed by atoms with van der Waals surface area (Å²) in [6.07, 6.45) is 0. The van der Waals surface area contributed by atoms with E-state index in [1.165, 1.54) is 43.5 Å². The lowest BCUT2D eigenvalue weighted by atomic mass is 10.1. The maximum absolute atomic E-state index is 13.6. The van der Waals surface area contributed by atoms with Gasteiger partial charge in [0.05, 0.1) is 12.8 Å². The van der Waals surface area contributed by atoms with Crippen LogP contribution in [0.4, 0.5) is 10.1 Å². The zero-order chi connectivity index (χ0) is 17.3. The number of ether oxygens (including phenoxy) is 1. The molecule has 1 N–H and O–H groups in total. The van der Waals surface area contributed by atoms with Crippen LogP contribution >= 0.6 is 11.6 Å². The van der Waals surface area contributed by atoms with Gasteiger partial charge in [-0.25, -0.2) is 9.18 Å². The van der Waals surface area contributed by atoms with Crippen LogP contribution in [-0.2, 0) is 0 Å². The lowest BCUT2D eigenvalue weighted by Crippen LogP contribution is -2.21. The number of anilines is 1. The number of halogens is 2. The van der Waals surface area contributed by atoms with Gasteiger partial charge in [0.2, 0.25) is 0 Å². The molecule has 7 heteroatoms. The predicted molar refractivity (Wildman–Crippen MR) is 88.4 cm³/mol. The first-order chi connectivity index (χ1) is 11.5. The molecule has 24 heavy (non-hydrogen) atoms. The van der Waals surface area contributed by atoms with Crippen molar-refractivity contribution in [3.8, 4) is 5.75 Å². The number of hydrogen-bond donors (Lipinski definition) is 1. The van der Waals surface area contributed by atoms with Crippen LogP contribution in [0.2, 0.25) is 5.02 Å². The van der Waals surface area contributed by atoms with E-state index < -0.39 is 17.3 Å². The van der Waals surface area contributed by atoms with Crippen LogP contribution in [-0.4, -0.2) is 13.0 Å². The van der Waals surface area contributed by atoms with E-state index in [9.17, 15) is 14.0 Å². The summed E-state index contributed by atoms with van der Waals surface area (Å²) in [7, 11) is 1.41. The van der Waals surface area contributed by atoms with Gasteiger partial charge in [0.1, 0.15) is 11.4 Å². The van der Waals surface area contributed by atoms with Gasteiger partial charge in [-0.1, -0.05) is 23.7 Å². The van der Waals surface area contributed by atoms with Crippen LogP contribution in [0.15, 0.2) is 51.7 Å². The topological polar surface area (TPSA) is 68.5 Å². The molecular formula is C17H11ClFNO4. The Morgan fingerprint density at radius 2 is 2.00 bits per heavy atom. The minimum Gasteiger partial charge on any atom is -0.493 e. The second-order valence-electron chi connectivity index (χ2n) is 4.91. The first-order valence-corrected chi connectivity index (χ1v) is 7.24. The van der Waals surface area contributed by atoms with Crippen molar-refractivity contribution in [2.75, 3.05) is 12.4 Å². The van der Waals surface area contributed by atoms with Crippen molar-refractivity contribution in [2.24, 2.45) is 0 Å². The van der Waals surface area contributed by atoms with Crippen molar-refractivity contribution in [3.63, 3.8) is 0 Å². The van der Waals surface area contributed by atoms with Crippen molar-refractivity contribution in [1.29, 1.82) is 0 Å². The summed E-state index contributed by atoms with van der Waals surface area (Å²) >= 11 is 5.97.